The Bertz CT molecular complexity index is 1040. The fourth-order valence-corrected chi connectivity index (χ4v) is 3.65. The minimum atomic E-state index is -0.551. The molecule has 29 heavy (non-hydrogen) atoms. The monoisotopic (exact) mass is 418 g/mol. The van der Waals surface area contributed by atoms with Crippen LogP contribution in [0, 0.1) is 5.82 Å². The van der Waals surface area contributed by atoms with E-state index in [-0.39, 0.29) is 24.4 Å². The van der Waals surface area contributed by atoms with E-state index in [1.165, 1.54) is 7.11 Å². The summed E-state index contributed by atoms with van der Waals surface area (Å²) in [5.74, 6) is -0.172. The van der Waals surface area contributed by atoms with E-state index in [0.717, 1.165) is 24.4 Å². The Morgan fingerprint density at radius 2 is 2.31 bits per heavy atom. The molecule has 4 heterocycles. The fraction of sp³-hybridized carbons (Fsp3) is 0.368. The van der Waals surface area contributed by atoms with Crippen LogP contribution in [0.2, 0.25) is 5.02 Å². The molecule has 1 atom stereocenters. The summed E-state index contributed by atoms with van der Waals surface area (Å²) in [4.78, 5) is 29.6. The number of hydrogen-bond acceptors (Lipinski definition) is 6. The standard InChI is InChI=1S/C19H20ClFN6O2/c1-29-10-16(28)27-4-2-3-12(9-27)25-19-15(21)8-24-18(26-19)14-7-23-17-13(14)5-11(20)6-22-17/h5-8,12H,2-4,9-10H2,1H3,(H,22,23)(H,24,25,26)/t12-/m0/s1. The minimum absolute atomic E-state index is 0.0376. The number of pyridine rings is 1. The molecule has 0 unspecified atom stereocenters. The third-order valence-electron chi connectivity index (χ3n) is 4.87. The van der Waals surface area contributed by atoms with Crippen molar-refractivity contribution in [3.63, 3.8) is 0 Å². The Hall–Kier alpha value is -2.78. The normalized spacial score (nSPS) is 16.9. The zero-order valence-corrected chi connectivity index (χ0v) is 16.5. The molecule has 10 heteroatoms. The van der Waals surface area contributed by atoms with E-state index in [1.54, 1.807) is 23.4 Å². The molecule has 4 rings (SSSR count). The summed E-state index contributed by atoms with van der Waals surface area (Å²) in [5, 5.41) is 4.37. The van der Waals surface area contributed by atoms with Crippen molar-refractivity contribution in [1.82, 2.24) is 24.8 Å². The number of H-pyrrole nitrogens is 1. The molecule has 3 aromatic rings. The van der Waals surface area contributed by atoms with Gasteiger partial charge in [0.05, 0.1) is 11.2 Å². The lowest BCUT2D eigenvalue weighted by Gasteiger charge is -2.33. The third-order valence-corrected chi connectivity index (χ3v) is 5.07. The Labute approximate surface area is 171 Å². The first kappa shape index (κ1) is 19.5. The predicted molar refractivity (Wildman–Crippen MR) is 107 cm³/mol. The highest BCUT2D eigenvalue weighted by molar-refractivity contribution is 6.31. The van der Waals surface area contributed by atoms with Gasteiger partial charge in [-0.1, -0.05) is 11.6 Å². The summed E-state index contributed by atoms with van der Waals surface area (Å²) in [5.41, 5.74) is 1.32. The van der Waals surface area contributed by atoms with Gasteiger partial charge in [-0.15, -0.1) is 0 Å². The van der Waals surface area contributed by atoms with Crippen molar-refractivity contribution < 1.29 is 13.9 Å². The van der Waals surface area contributed by atoms with E-state index in [0.29, 0.717) is 35.1 Å². The summed E-state index contributed by atoms with van der Waals surface area (Å²) in [6, 6.07) is 1.65. The number of aromatic nitrogens is 4. The molecule has 1 saturated heterocycles. The molecule has 2 N–H and O–H groups in total. The van der Waals surface area contributed by atoms with Gasteiger partial charge in [-0.25, -0.2) is 19.3 Å². The molecule has 0 saturated carbocycles. The second-order valence-corrected chi connectivity index (χ2v) is 7.33. The first-order valence-electron chi connectivity index (χ1n) is 9.24. The van der Waals surface area contributed by atoms with Crippen LogP contribution < -0.4 is 5.32 Å². The number of piperidine rings is 1. The number of likely N-dealkylation sites (tertiary alicyclic amines) is 1. The molecule has 8 nitrogen and oxygen atoms in total. The van der Waals surface area contributed by atoms with Gasteiger partial charge >= 0.3 is 0 Å². The first-order chi connectivity index (χ1) is 14.0. The Kier molecular flexibility index (Phi) is 5.59. The van der Waals surface area contributed by atoms with E-state index in [9.17, 15) is 9.18 Å². The SMILES string of the molecule is COCC(=O)N1CCC[C@H](Nc2nc(-c3c[nH]c4ncc(Cl)cc34)ncc2F)C1. The van der Waals surface area contributed by atoms with Gasteiger partial charge < -0.3 is 19.9 Å². The summed E-state index contributed by atoms with van der Waals surface area (Å²) in [6.07, 6.45) is 6.03. The Balaban J connectivity index is 1.57. The number of amides is 1. The Morgan fingerprint density at radius 1 is 1.45 bits per heavy atom. The van der Waals surface area contributed by atoms with Crippen molar-refractivity contribution in [3.8, 4) is 11.4 Å². The Morgan fingerprint density at radius 3 is 3.14 bits per heavy atom. The molecular weight excluding hydrogens is 399 g/mol. The van der Waals surface area contributed by atoms with E-state index < -0.39 is 5.82 Å². The summed E-state index contributed by atoms with van der Waals surface area (Å²) in [7, 11) is 1.49. The summed E-state index contributed by atoms with van der Waals surface area (Å²) in [6.45, 7) is 1.17. The van der Waals surface area contributed by atoms with Gasteiger partial charge in [0.25, 0.3) is 0 Å². The number of rotatable bonds is 5. The number of carbonyl (C=O) groups excluding carboxylic acids is 1. The number of aromatic amines is 1. The first-order valence-corrected chi connectivity index (χ1v) is 9.61. The number of nitrogens with one attached hydrogen (secondary N) is 2. The molecule has 1 aliphatic rings. The van der Waals surface area contributed by atoms with Crippen LogP contribution in [0.1, 0.15) is 12.8 Å². The maximum absolute atomic E-state index is 14.4. The highest BCUT2D eigenvalue weighted by Crippen LogP contribution is 2.28. The topological polar surface area (TPSA) is 96.0 Å². The smallest absolute Gasteiger partial charge is 0.248 e. The molecule has 1 aliphatic heterocycles. The van der Waals surface area contributed by atoms with Crippen molar-refractivity contribution >= 4 is 34.4 Å². The molecule has 1 amide bonds. The maximum Gasteiger partial charge on any atom is 0.248 e. The van der Waals surface area contributed by atoms with Gasteiger partial charge in [0.2, 0.25) is 5.91 Å². The van der Waals surface area contributed by atoms with Crippen LogP contribution in [0.15, 0.2) is 24.7 Å². The summed E-state index contributed by atoms with van der Waals surface area (Å²) < 4.78 is 19.3. The van der Waals surface area contributed by atoms with Crippen LogP contribution in [0.4, 0.5) is 10.2 Å². The zero-order chi connectivity index (χ0) is 20.4. The number of fused-ring (bicyclic) bond motifs is 1. The van der Waals surface area contributed by atoms with E-state index in [4.69, 9.17) is 16.3 Å². The molecule has 0 radical (unpaired) electrons. The second-order valence-electron chi connectivity index (χ2n) is 6.90. The average molecular weight is 419 g/mol. The lowest BCUT2D eigenvalue weighted by Crippen LogP contribution is -2.46. The quantitative estimate of drug-likeness (QED) is 0.661. The highest BCUT2D eigenvalue weighted by Gasteiger charge is 2.25. The van der Waals surface area contributed by atoms with Crippen molar-refractivity contribution in [2.75, 3.05) is 32.1 Å². The third kappa shape index (κ3) is 4.15. The van der Waals surface area contributed by atoms with Crippen molar-refractivity contribution in [2.24, 2.45) is 0 Å². The van der Waals surface area contributed by atoms with E-state index in [1.807, 2.05) is 0 Å². The van der Waals surface area contributed by atoms with Crippen molar-refractivity contribution in [3.05, 3.63) is 35.5 Å². The van der Waals surface area contributed by atoms with Gasteiger partial charge in [0.15, 0.2) is 17.5 Å². The predicted octanol–water partition coefficient (Wildman–Crippen LogP) is 2.86. The number of nitrogens with zero attached hydrogens (tertiary/aromatic N) is 4. The van der Waals surface area contributed by atoms with Gasteiger partial charge in [-0.2, -0.15) is 0 Å². The zero-order valence-electron chi connectivity index (χ0n) is 15.8. The van der Waals surface area contributed by atoms with E-state index >= 15 is 0 Å². The summed E-state index contributed by atoms with van der Waals surface area (Å²) >= 11 is 6.05. The van der Waals surface area contributed by atoms with Crippen LogP contribution in [-0.4, -0.2) is 63.6 Å². The van der Waals surface area contributed by atoms with Crippen LogP contribution in [0.3, 0.4) is 0 Å². The van der Waals surface area contributed by atoms with Gasteiger partial charge in [0, 0.05) is 49.6 Å². The van der Waals surface area contributed by atoms with Crippen molar-refractivity contribution in [2.45, 2.75) is 18.9 Å². The van der Waals surface area contributed by atoms with Crippen LogP contribution >= 0.6 is 11.6 Å². The van der Waals surface area contributed by atoms with Gasteiger partial charge in [-0.05, 0) is 18.9 Å². The molecule has 1 fully saturated rings. The second kappa shape index (κ2) is 8.30. The molecule has 152 valence electrons. The molecule has 0 spiro atoms. The lowest BCUT2D eigenvalue weighted by atomic mass is 10.1. The van der Waals surface area contributed by atoms with Crippen LogP contribution in [0.25, 0.3) is 22.4 Å². The van der Waals surface area contributed by atoms with Crippen molar-refractivity contribution in [1.29, 1.82) is 0 Å². The fourth-order valence-electron chi connectivity index (χ4n) is 3.49. The van der Waals surface area contributed by atoms with E-state index in [2.05, 4.69) is 25.3 Å². The van der Waals surface area contributed by atoms with Gasteiger partial charge in [0.1, 0.15) is 12.3 Å². The number of anilines is 1. The average Bonchev–Trinajstić information content (AvgIpc) is 3.13. The molecule has 0 aliphatic carbocycles. The van der Waals surface area contributed by atoms with Crippen LogP contribution in [0.5, 0.6) is 0 Å². The molecule has 0 bridgehead atoms. The highest BCUT2D eigenvalue weighted by atomic mass is 35.5. The van der Waals surface area contributed by atoms with Crippen LogP contribution in [-0.2, 0) is 9.53 Å². The minimum Gasteiger partial charge on any atom is -0.375 e. The number of halogens is 2. The largest absolute Gasteiger partial charge is 0.375 e. The number of ether oxygens (including phenoxy) is 1. The number of hydrogen-bond donors (Lipinski definition) is 2. The number of methoxy groups -OCH3 is 1. The van der Waals surface area contributed by atoms with Gasteiger partial charge in [-0.3, -0.25) is 4.79 Å². The number of carbonyl (C=O) groups is 1. The molecule has 3 aromatic heterocycles. The maximum atomic E-state index is 14.4. The lowest BCUT2D eigenvalue weighted by molar-refractivity contribution is -0.136. The molecular formula is C19H20ClFN6O2. The molecule has 0 aromatic carbocycles.